The third-order valence-electron chi connectivity index (χ3n) is 5.22. The minimum absolute atomic E-state index is 0.296. The van der Waals surface area contributed by atoms with E-state index in [1.54, 1.807) is 18.5 Å². The second-order valence-corrected chi connectivity index (χ2v) is 6.93. The summed E-state index contributed by atoms with van der Waals surface area (Å²) in [6, 6.07) is 4.69. The minimum atomic E-state index is -0.734. The van der Waals surface area contributed by atoms with E-state index < -0.39 is 6.17 Å². The van der Waals surface area contributed by atoms with Crippen LogP contribution in [0.15, 0.2) is 30.6 Å². The molecule has 3 aromatic heterocycles. The Morgan fingerprint density at radius 3 is 2.74 bits per heavy atom. The summed E-state index contributed by atoms with van der Waals surface area (Å²) in [4.78, 5) is 11.2. The molecule has 1 aromatic carbocycles. The topological polar surface area (TPSA) is 62.6 Å². The number of hydrogen-bond acceptors (Lipinski definition) is 4. The van der Waals surface area contributed by atoms with Gasteiger partial charge in [-0.25, -0.2) is 18.7 Å². The number of H-pyrrole nitrogens is 1. The number of nitrogens with one attached hydrogen (secondary N) is 1. The molecule has 1 N–H and O–H groups in total. The zero-order valence-corrected chi connectivity index (χ0v) is 14.8. The van der Waals surface area contributed by atoms with Crippen molar-refractivity contribution < 1.29 is 8.78 Å². The Morgan fingerprint density at radius 2 is 1.96 bits per heavy atom. The summed E-state index contributed by atoms with van der Waals surface area (Å²) in [5.74, 6) is 0.324. The average Bonchev–Trinajstić information content (AvgIpc) is 3.24. The maximum atomic E-state index is 13.7. The molecule has 0 spiro atoms. The molecule has 1 aliphatic heterocycles. The molecule has 1 fully saturated rings. The second-order valence-electron chi connectivity index (χ2n) is 6.93. The van der Waals surface area contributed by atoms with Crippen molar-refractivity contribution in [2.24, 2.45) is 0 Å². The third kappa shape index (κ3) is 2.55. The van der Waals surface area contributed by atoms with Crippen LogP contribution in [0.25, 0.3) is 27.6 Å². The molecule has 0 bridgehead atoms. The molecule has 0 atom stereocenters. The zero-order valence-electron chi connectivity index (χ0n) is 14.8. The van der Waals surface area contributed by atoms with E-state index in [1.165, 1.54) is 12.1 Å². The number of anilines is 1. The fraction of sp³-hybridized carbons (Fsp3) is 0.316. The molecule has 0 unspecified atom stereocenters. The Kier molecular flexibility index (Phi) is 3.60. The van der Waals surface area contributed by atoms with Crippen molar-refractivity contribution in [2.45, 2.75) is 25.9 Å². The third-order valence-corrected chi connectivity index (χ3v) is 5.22. The number of benzene rings is 1. The van der Waals surface area contributed by atoms with Crippen molar-refractivity contribution >= 4 is 27.9 Å². The standard InChI is InChI=1S/C19H18F2N6/c1-11-16(9-22-19(24-11)26-6-4-12(20)5-7-26)27-15-3-2-13(21)8-14(15)18-17(27)10-23-25-18/h2-3,8-10,12H,4-7H2,1H3,(H,23,25). The number of aromatic amines is 1. The first-order valence-corrected chi connectivity index (χ1v) is 8.98. The Balaban J connectivity index is 1.63. The highest BCUT2D eigenvalue weighted by Crippen LogP contribution is 2.32. The number of rotatable bonds is 2. The van der Waals surface area contributed by atoms with Gasteiger partial charge in [0.1, 0.15) is 12.0 Å². The van der Waals surface area contributed by atoms with Crippen LogP contribution in [-0.2, 0) is 0 Å². The fourth-order valence-electron chi connectivity index (χ4n) is 3.81. The number of alkyl halides is 1. The van der Waals surface area contributed by atoms with Crippen molar-refractivity contribution in [3.05, 3.63) is 42.1 Å². The van der Waals surface area contributed by atoms with Gasteiger partial charge < -0.3 is 9.47 Å². The molecular formula is C19H18F2N6. The highest BCUT2D eigenvalue weighted by Gasteiger charge is 2.22. The van der Waals surface area contributed by atoms with Crippen LogP contribution >= 0.6 is 0 Å². The van der Waals surface area contributed by atoms with Gasteiger partial charge in [-0.3, -0.25) is 5.10 Å². The SMILES string of the molecule is Cc1nc(N2CCC(F)CC2)ncc1-n1c2ccc(F)cc2c2[nH]ncc21. The van der Waals surface area contributed by atoms with Gasteiger partial charge in [0.05, 0.1) is 40.3 Å². The first-order valence-electron chi connectivity index (χ1n) is 8.98. The molecule has 0 radical (unpaired) electrons. The fourth-order valence-corrected chi connectivity index (χ4v) is 3.81. The van der Waals surface area contributed by atoms with Gasteiger partial charge in [0, 0.05) is 18.5 Å². The number of hydrogen-bond donors (Lipinski definition) is 1. The maximum Gasteiger partial charge on any atom is 0.225 e. The van der Waals surface area contributed by atoms with E-state index in [9.17, 15) is 8.78 Å². The van der Waals surface area contributed by atoms with E-state index in [-0.39, 0.29) is 5.82 Å². The van der Waals surface area contributed by atoms with Gasteiger partial charge in [-0.15, -0.1) is 0 Å². The highest BCUT2D eigenvalue weighted by atomic mass is 19.1. The molecule has 6 nitrogen and oxygen atoms in total. The first kappa shape index (κ1) is 16.2. The van der Waals surface area contributed by atoms with Crippen molar-refractivity contribution in [3.8, 4) is 5.69 Å². The molecule has 1 aliphatic rings. The molecule has 138 valence electrons. The molecule has 1 saturated heterocycles. The summed E-state index contributed by atoms with van der Waals surface area (Å²) in [5.41, 5.74) is 4.09. The summed E-state index contributed by atoms with van der Waals surface area (Å²) < 4.78 is 29.1. The van der Waals surface area contributed by atoms with Gasteiger partial charge >= 0.3 is 0 Å². The summed E-state index contributed by atoms with van der Waals surface area (Å²) >= 11 is 0. The molecule has 4 aromatic rings. The minimum Gasteiger partial charge on any atom is -0.341 e. The van der Waals surface area contributed by atoms with Crippen LogP contribution in [0.2, 0.25) is 0 Å². The highest BCUT2D eigenvalue weighted by molar-refractivity contribution is 6.06. The van der Waals surface area contributed by atoms with Gasteiger partial charge in [-0.05, 0) is 38.0 Å². The summed E-state index contributed by atoms with van der Waals surface area (Å²) in [6.07, 6.45) is 3.77. The van der Waals surface area contributed by atoms with Gasteiger partial charge in [-0.1, -0.05) is 0 Å². The molecule has 4 heterocycles. The van der Waals surface area contributed by atoms with Crippen LogP contribution in [-0.4, -0.2) is 44.0 Å². The second kappa shape index (κ2) is 6.00. The van der Waals surface area contributed by atoms with E-state index in [0.29, 0.717) is 31.9 Å². The van der Waals surface area contributed by atoms with Crippen LogP contribution in [0.4, 0.5) is 14.7 Å². The van der Waals surface area contributed by atoms with Crippen molar-refractivity contribution in [1.82, 2.24) is 24.7 Å². The van der Waals surface area contributed by atoms with E-state index >= 15 is 0 Å². The quantitative estimate of drug-likeness (QED) is 0.586. The maximum absolute atomic E-state index is 13.7. The molecule has 27 heavy (non-hydrogen) atoms. The Hall–Kier alpha value is -3.03. The summed E-state index contributed by atoms with van der Waals surface area (Å²) in [7, 11) is 0. The molecule has 0 saturated carbocycles. The van der Waals surface area contributed by atoms with Crippen LogP contribution in [0.5, 0.6) is 0 Å². The molecular weight excluding hydrogens is 350 g/mol. The smallest absolute Gasteiger partial charge is 0.225 e. The summed E-state index contributed by atoms with van der Waals surface area (Å²) in [5, 5.41) is 7.81. The Bertz CT molecular complexity index is 1140. The van der Waals surface area contributed by atoms with Crippen molar-refractivity contribution in [2.75, 3.05) is 18.0 Å². The van der Waals surface area contributed by atoms with E-state index in [0.717, 1.165) is 33.3 Å². The number of aromatic nitrogens is 5. The largest absolute Gasteiger partial charge is 0.341 e. The van der Waals surface area contributed by atoms with Crippen molar-refractivity contribution in [1.29, 1.82) is 0 Å². The van der Waals surface area contributed by atoms with Crippen LogP contribution < -0.4 is 4.90 Å². The predicted molar refractivity (Wildman–Crippen MR) is 99.6 cm³/mol. The monoisotopic (exact) mass is 368 g/mol. The van der Waals surface area contributed by atoms with Crippen LogP contribution in [0, 0.1) is 12.7 Å². The molecule has 0 amide bonds. The van der Waals surface area contributed by atoms with E-state index in [4.69, 9.17) is 0 Å². The van der Waals surface area contributed by atoms with Gasteiger partial charge in [0.15, 0.2) is 0 Å². The van der Waals surface area contributed by atoms with E-state index in [2.05, 4.69) is 20.2 Å². The van der Waals surface area contributed by atoms with E-state index in [1.807, 2.05) is 16.4 Å². The number of piperidine rings is 1. The first-order chi connectivity index (χ1) is 13.1. The molecule has 8 heteroatoms. The lowest BCUT2D eigenvalue weighted by Gasteiger charge is -2.28. The Morgan fingerprint density at radius 1 is 1.15 bits per heavy atom. The van der Waals surface area contributed by atoms with Gasteiger partial charge in [0.2, 0.25) is 5.95 Å². The number of aryl methyl sites for hydroxylation is 1. The average molecular weight is 368 g/mol. The lowest BCUT2D eigenvalue weighted by molar-refractivity contribution is 0.276. The van der Waals surface area contributed by atoms with Crippen molar-refractivity contribution in [3.63, 3.8) is 0 Å². The molecule has 5 rings (SSSR count). The number of nitrogens with zero attached hydrogens (tertiary/aromatic N) is 5. The zero-order chi connectivity index (χ0) is 18.5. The van der Waals surface area contributed by atoms with Crippen LogP contribution in [0.3, 0.4) is 0 Å². The van der Waals surface area contributed by atoms with Crippen LogP contribution in [0.1, 0.15) is 18.5 Å². The Labute approximate surface area is 153 Å². The van der Waals surface area contributed by atoms with Gasteiger partial charge in [0.25, 0.3) is 0 Å². The predicted octanol–water partition coefficient (Wildman–Crippen LogP) is 3.68. The van der Waals surface area contributed by atoms with Gasteiger partial charge in [-0.2, -0.15) is 5.10 Å². The number of fused-ring (bicyclic) bond motifs is 3. The normalized spacial score (nSPS) is 15.9. The molecule has 0 aliphatic carbocycles. The summed E-state index contributed by atoms with van der Waals surface area (Å²) in [6.45, 7) is 3.17. The lowest BCUT2D eigenvalue weighted by atomic mass is 10.1. The lowest BCUT2D eigenvalue weighted by Crippen LogP contribution is -2.35. The number of halogens is 2.